The van der Waals surface area contributed by atoms with Gasteiger partial charge in [-0.15, -0.1) is 0 Å². The predicted octanol–water partition coefficient (Wildman–Crippen LogP) is 4.30. The van der Waals surface area contributed by atoms with Gasteiger partial charge in [0.25, 0.3) is 11.6 Å². The van der Waals surface area contributed by atoms with Crippen LogP contribution in [0.25, 0.3) is 0 Å². The Labute approximate surface area is 166 Å². The standard InChI is InChI=1S/C22H16FN3O3/c23-22(15-17-11-7-8-14-19(17)26(28)29)20(16-9-3-1-4-10-16)24-25(21(22)27)18-12-5-2-6-13-18/h1-14H,15H2. The first-order valence-electron chi connectivity index (χ1n) is 8.96. The monoisotopic (exact) mass is 389 g/mol. The van der Waals surface area contributed by atoms with Crippen LogP contribution in [-0.2, 0) is 11.2 Å². The van der Waals surface area contributed by atoms with E-state index in [1.807, 2.05) is 0 Å². The Morgan fingerprint density at radius 3 is 2.17 bits per heavy atom. The number of amides is 1. The van der Waals surface area contributed by atoms with Crippen LogP contribution >= 0.6 is 0 Å². The van der Waals surface area contributed by atoms with E-state index in [-0.39, 0.29) is 17.0 Å². The van der Waals surface area contributed by atoms with Gasteiger partial charge in [-0.25, -0.2) is 4.39 Å². The van der Waals surface area contributed by atoms with Gasteiger partial charge in [-0.05, 0) is 12.1 Å². The lowest BCUT2D eigenvalue weighted by atomic mass is 9.87. The van der Waals surface area contributed by atoms with Crippen LogP contribution in [-0.4, -0.2) is 22.2 Å². The number of hydrazone groups is 1. The molecule has 3 aromatic rings. The van der Waals surface area contributed by atoms with E-state index in [0.717, 1.165) is 5.01 Å². The average molecular weight is 389 g/mol. The van der Waals surface area contributed by atoms with Crippen molar-refractivity contribution in [2.75, 3.05) is 5.01 Å². The molecule has 1 heterocycles. The van der Waals surface area contributed by atoms with Crippen molar-refractivity contribution in [3.63, 3.8) is 0 Å². The minimum absolute atomic E-state index is 0.0647. The molecule has 0 N–H and O–H groups in total. The Bertz CT molecular complexity index is 1100. The summed E-state index contributed by atoms with van der Waals surface area (Å²) in [6.45, 7) is 0. The molecule has 3 aromatic carbocycles. The minimum atomic E-state index is -2.54. The first kappa shape index (κ1) is 18.5. The Morgan fingerprint density at radius 2 is 1.52 bits per heavy atom. The van der Waals surface area contributed by atoms with Gasteiger partial charge in [0.05, 0.1) is 10.6 Å². The summed E-state index contributed by atoms with van der Waals surface area (Å²) < 4.78 is 16.4. The molecule has 1 amide bonds. The number of anilines is 1. The molecule has 29 heavy (non-hydrogen) atoms. The van der Waals surface area contributed by atoms with Crippen LogP contribution in [0.4, 0.5) is 15.8 Å². The zero-order valence-corrected chi connectivity index (χ0v) is 15.2. The van der Waals surface area contributed by atoms with Gasteiger partial charge in [0, 0.05) is 23.6 Å². The fourth-order valence-electron chi connectivity index (χ4n) is 3.38. The van der Waals surface area contributed by atoms with E-state index < -0.39 is 22.9 Å². The third kappa shape index (κ3) is 3.27. The summed E-state index contributed by atoms with van der Waals surface area (Å²) in [7, 11) is 0. The van der Waals surface area contributed by atoms with Crippen LogP contribution in [0.5, 0.6) is 0 Å². The number of para-hydroxylation sites is 2. The molecule has 0 bridgehead atoms. The van der Waals surface area contributed by atoms with Crippen molar-refractivity contribution in [2.24, 2.45) is 5.10 Å². The van der Waals surface area contributed by atoms with Gasteiger partial charge in [-0.3, -0.25) is 14.9 Å². The molecule has 0 radical (unpaired) electrons. The second kappa shape index (κ2) is 7.27. The molecule has 0 fully saturated rings. The van der Waals surface area contributed by atoms with Gasteiger partial charge in [-0.2, -0.15) is 10.1 Å². The lowest BCUT2D eigenvalue weighted by Gasteiger charge is -2.21. The SMILES string of the molecule is O=C1N(c2ccccc2)N=C(c2ccccc2)C1(F)Cc1ccccc1[N+](=O)[O-]. The van der Waals surface area contributed by atoms with E-state index in [0.29, 0.717) is 11.3 Å². The van der Waals surface area contributed by atoms with Crippen molar-refractivity contribution in [1.82, 2.24) is 0 Å². The van der Waals surface area contributed by atoms with Gasteiger partial charge in [-0.1, -0.05) is 66.7 Å². The number of carbonyl (C=O) groups is 1. The minimum Gasteiger partial charge on any atom is -0.268 e. The second-order valence-corrected chi connectivity index (χ2v) is 6.63. The highest BCUT2D eigenvalue weighted by atomic mass is 19.1. The van der Waals surface area contributed by atoms with Crippen LogP contribution in [0, 0.1) is 10.1 Å². The first-order chi connectivity index (χ1) is 14.0. The fraction of sp³-hybridized carbons (Fsp3) is 0.0909. The number of nitro benzene ring substituents is 1. The molecule has 4 rings (SSSR count). The van der Waals surface area contributed by atoms with E-state index in [1.165, 1.54) is 18.2 Å². The van der Waals surface area contributed by atoms with Crippen LogP contribution in [0.3, 0.4) is 0 Å². The number of hydrogen-bond acceptors (Lipinski definition) is 4. The van der Waals surface area contributed by atoms with Crippen molar-refractivity contribution in [3.8, 4) is 0 Å². The summed E-state index contributed by atoms with van der Waals surface area (Å²) in [5, 5.41) is 16.7. The van der Waals surface area contributed by atoms with Crippen molar-refractivity contribution in [2.45, 2.75) is 12.1 Å². The highest BCUT2D eigenvalue weighted by Gasteiger charge is 2.53. The normalized spacial score (nSPS) is 18.6. The summed E-state index contributed by atoms with van der Waals surface area (Å²) in [4.78, 5) is 24.0. The van der Waals surface area contributed by atoms with Crippen LogP contribution in [0.2, 0.25) is 0 Å². The number of nitrogens with zero attached hydrogens (tertiary/aromatic N) is 3. The topological polar surface area (TPSA) is 75.8 Å². The molecule has 0 saturated heterocycles. The molecule has 0 aromatic heterocycles. The van der Waals surface area contributed by atoms with Gasteiger partial charge in [0.15, 0.2) is 0 Å². The Morgan fingerprint density at radius 1 is 0.931 bits per heavy atom. The van der Waals surface area contributed by atoms with Crippen molar-refractivity contribution < 1.29 is 14.1 Å². The highest BCUT2D eigenvalue weighted by molar-refractivity contribution is 6.27. The van der Waals surface area contributed by atoms with Gasteiger partial charge in [0.2, 0.25) is 5.67 Å². The Kier molecular flexibility index (Phi) is 4.64. The molecule has 1 aliphatic heterocycles. The molecule has 0 aliphatic carbocycles. The van der Waals surface area contributed by atoms with Crippen LogP contribution in [0.15, 0.2) is 90.0 Å². The number of carbonyl (C=O) groups excluding carboxylic acids is 1. The molecule has 7 heteroatoms. The van der Waals surface area contributed by atoms with Gasteiger partial charge >= 0.3 is 0 Å². The molecule has 1 aliphatic rings. The molecule has 6 nitrogen and oxygen atoms in total. The van der Waals surface area contributed by atoms with E-state index in [9.17, 15) is 14.9 Å². The number of alkyl halides is 1. The third-order valence-corrected chi connectivity index (χ3v) is 4.78. The lowest BCUT2D eigenvalue weighted by Crippen LogP contribution is -2.45. The second-order valence-electron chi connectivity index (χ2n) is 6.63. The maximum Gasteiger partial charge on any atom is 0.291 e. The van der Waals surface area contributed by atoms with Crippen molar-refractivity contribution >= 4 is 23.0 Å². The number of nitro groups is 1. The van der Waals surface area contributed by atoms with Gasteiger partial charge < -0.3 is 0 Å². The summed E-state index contributed by atoms with van der Waals surface area (Å²) in [6.07, 6.45) is -0.486. The first-order valence-corrected chi connectivity index (χ1v) is 8.96. The molecule has 1 atom stereocenters. The number of halogens is 1. The molecule has 1 unspecified atom stereocenters. The summed E-state index contributed by atoms with van der Waals surface area (Å²) in [5.74, 6) is -0.874. The van der Waals surface area contributed by atoms with Crippen molar-refractivity contribution in [3.05, 3.63) is 106 Å². The number of hydrogen-bond donors (Lipinski definition) is 0. The molecular weight excluding hydrogens is 373 g/mol. The molecule has 144 valence electrons. The van der Waals surface area contributed by atoms with E-state index in [4.69, 9.17) is 0 Å². The molecular formula is C22H16FN3O3. The largest absolute Gasteiger partial charge is 0.291 e. The van der Waals surface area contributed by atoms with E-state index >= 15 is 4.39 Å². The molecule has 0 saturated carbocycles. The lowest BCUT2D eigenvalue weighted by molar-refractivity contribution is -0.385. The number of benzene rings is 3. The van der Waals surface area contributed by atoms with Crippen molar-refractivity contribution in [1.29, 1.82) is 0 Å². The van der Waals surface area contributed by atoms with E-state index in [1.54, 1.807) is 66.7 Å². The zero-order valence-electron chi connectivity index (χ0n) is 15.2. The summed E-state index contributed by atoms with van der Waals surface area (Å²) in [6, 6.07) is 22.9. The number of rotatable bonds is 5. The quantitative estimate of drug-likeness (QED) is 0.482. The summed E-state index contributed by atoms with van der Waals surface area (Å²) in [5.41, 5.74) is -1.84. The average Bonchev–Trinajstić information content (AvgIpc) is 3.00. The van der Waals surface area contributed by atoms with Crippen LogP contribution in [0.1, 0.15) is 11.1 Å². The van der Waals surface area contributed by atoms with Crippen LogP contribution < -0.4 is 5.01 Å². The van der Waals surface area contributed by atoms with E-state index in [2.05, 4.69) is 5.10 Å². The predicted molar refractivity (Wildman–Crippen MR) is 108 cm³/mol. The zero-order chi connectivity index (χ0) is 20.4. The third-order valence-electron chi connectivity index (χ3n) is 4.78. The highest BCUT2D eigenvalue weighted by Crippen LogP contribution is 2.36. The smallest absolute Gasteiger partial charge is 0.268 e. The summed E-state index contributed by atoms with van der Waals surface area (Å²) >= 11 is 0. The maximum absolute atomic E-state index is 16.4. The maximum atomic E-state index is 16.4. The van der Waals surface area contributed by atoms with Gasteiger partial charge in [0.1, 0.15) is 5.71 Å². The fourth-order valence-corrected chi connectivity index (χ4v) is 3.38. The molecule has 0 spiro atoms. The Hall–Kier alpha value is -3.87. The Balaban J connectivity index is 1.83.